The van der Waals surface area contributed by atoms with Gasteiger partial charge in [-0.15, -0.1) is 0 Å². The van der Waals surface area contributed by atoms with Crippen molar-refractivity contribution in [1.29, 1.82) is 0 Å². The van der Waals surface area contributed by atoms with Crippen LogP contribution in [0.3, 0.4) is 0 Å². The first kappa shape index (κ1) is 23.2. The highest BCUT2D eigenvalue weighted by molar-refractivity contribution is 6.28. The van der Waals surface area contributed by atoms with Crippen LogP contribution in [-0.4, -0.2) is 34.1 Å². The number of esters is 1. The lowest BCUT2D eigenvalue weighted by molar-refractivity contribution is -0.123. The second-order valence-corrected chi connectivity index (χ2v) is 8.75. The van der Waals surface area contributed by atoms with E-state index in [-0.39, 0.29) is 23.2 Å². The highest BCUT2D eigenvalue weighted by Gasteiger charge is 2.30. The van der Waals surface area contributed by atoms with Gasteiger partial charge in [0.05, 0.1) is 5.56 Å². The summed E-state index contributed by atoms with van der Waals surface area (Å²) >= 11 is 0. The van der Waals surface area contributed by atoms with E-state index in [1.54, 1.807) is 36.4 Å². The Labute approximate surface area is 197 Å². The van der Waals surface area contributed by atoms with Crippen molar-refractivity contribution in [2.45, 2.75) is 46.8 Å². The summed E-state index contributed by atoms with van der Waals surface area (Å²) in [5, 5.41) is 2.67. The van der Waals surface area contributed by atoms with E-state index in [1.165, 1.54) is 19.1 Å². The molecule has 0 aliphatic heterocycles. The number of fused-ring (bicyclic) bond motifs is 2. The first-order valence-electron chi connectivity index (χ1n) is 11.1. The van der Waals surface area contributed by atoms with Crippen LogP contribution in [-0.2, 0) is 9.53 Å². The molecule has 1 aromatic heterocycles. The van der Waals surface area contributed by atoms with Crippen molar-refractivity contribution < 1.29 is 23.9 Å². The molecule has 1 atom stereocenters. The maximum atomic E-state index is 12.9. The number of nitrogens with one attached hydrogen (secondary N) is 1. The van der Waals surface area contributed by atoms with Gasteiger partial charge in [0, 0.05) is 45.4 Å². The SMILES string of the molecule is Cc1cc(C(=O)OC(C)C(=O)Nc2ccc3c(c2)C(=O)c2ccccc2C3=O)c(C)n1C(C)C. The lowest BCUT2D eigenvalue weighted by Gasteiger charge is -2.19. The quantitative estimate of drug-likeness (QED) is 0.440. The predicted molar refractivity (Wildman–Crippen MR) is 128 cm³/mol. The molecule has 3 aromatic rings. The summed E-state index contributed by atoms with van der Waals surface area (Å²) < 4.78 is 7.44. The molecule has 1 aliphatic rings. The van der Waals surface area contributed by atoms with Gasteiger partial charge in [-0.05, 0) is 58.9 Å². The zero-order valence-electron chi connectivity index (χ0n) is 19.8. The maximum absolute atomic E-state index is 12.9. The Balaban J connectivity index is 1.49. The van der Waals surface area contributed by atoms with Crippen molar-refractivity contribution >= 4 is 29.1 Å². The van der Waals surface area contributed by atoms with Gasteiger partial charge in [-0.2, -0.15) is 0 Å². The number of benzene rings is 2. The van der Waals surface area contributed by atoms with Gasteiger partial charge in [0.2, 0.25) is 0 Å². The normalized spacial score (nSPS) is 13.4. The number of rotatable bonds is 5. The lowest BCUT2D eigenvalue weighted by atomic mass is 9.84. The lowest BCUT2D eigenvalue weighted by Crippen LogP contribution is -2.30. The number of amides is 1. The maximum Gasteiger partial charge on any atom is 0.340 e. The van der Waals surface area contributed by atoms with Gasteiger partial charge >= 0.3 is 5.97 Å². The summed E-state index contributed by atoms with van der Waals surface area (Å²) in [4.78, 5) is 51.1. The Hall–Kier alpha value is -4.00. The summed E-state index contributed by atoms with van der Waals surface area (Å²) in [7, 11) is 0. The highest BCUT2D eigenvalue weighted by atomic mass is 16.5. The van der Waals surface area contributed by atoms with E-state index in [1.807, 2.05) is 32.3 Å². The van der Waals surface area contributed by atoms with E-state index < -0.39 is 18.0 Å². The van der Waals surface area contributed by atoms with Crippen molar-refractivity contribution in [3.05, 3.63) is 87.7 Å². The second-order valence-electron chi connectivity index (χ2n) is 8.75. The number of aromatic nitrogens is 1. The van der Waals surface area contributed by atoms with Crippen LogP contribution in [0.2, 0.25) is 0 Å². The zero-order chi connectivity index (χ0) is 24.7. The molecular weight excluding hydrogens is 432 g/mol. The van der Waals surface area contributed by atoms with Crippen molar-refractivity contribution in [3.8, 4) is 0 Å². The van der Waals surface area contributed by atoms with Crippen molar-refractivity contribution in [1.82, 2.24) is 4.57 Å². The Kier molecular flexibility index (Phi) is 5.96. The molecule has 1 heterocycles. The van der Waals surface area contributed by atoms with Crippen molar-refractivity contribution in [2.75, 3.05) is 5.32 Å². The largest absolute Gasteiger partial charge is 0.449 e. The standard InChI is InChI=1S/C27H26N2O5/c1-14(2)29-15(3)12-22(16(29)4)27(33)34-17(5)26(32)28-18-10-11-21-23(13-18)25(31)20-9-7-6-8-19(20)24(21)30/h6-14,17H,1-5H3,(H,28,32). The molecule has 0 saturated heterocycles. The minimum absolute atomic E-state index is 0.188. The van der Waals surface area contributed by atoms with Gasteiger partial charge in [0.15, 0.2) is 17.7 Å². The molecule has 0 radical (unpaired) electrons. The van der Waals surface area contributed by atoms with Crippen molar-refractivity contribution in [3.63, 3.8) is 0 Å². The molecule has 34 heavy (non-hydrogen) atoms. The highest BCUT2D eigenvalue weighted by Crippen LogP contribution is 2.29. The number of hydrogen-bond acceptors (Lipinski definition) is 5. The van der Waals surface area contributed by atoms with Gasteiger partial charge in [-0.25, -0.2) is 4.79 Å². The Morgan fingerprint density at radius 1 is 0.853 bits per heavy atom. The van der Waals surface area contributed by atoms with Gasteiger partial charge in [0.25, 0.3) is 5.91 Å². The van der Waals surface area contributed by atoms with Crippen LogP contribution in [0.15, 0.2) is 48.5 Å². The smallest absolute Gasteiger partial charge is 0.340 e. The summed E-state index contributed by atoms with van der Waals surface area (Å²) in [6.45, 7) is 9.30. The average molecular weight is 459 g/mol. The van der Waals surface area contributed by atoms with E-state index >= 15 is 0 Å². The van der Waals surface area contributed by atoms with Crippen LogP contribution in [0, 0.1) is 13.8 Å². The average Bonchev–Trinajstić information content (AvgIpc) is 3.11. The number of anilines is 1. The minimum Gasteiger partial charge on any atom is -0.449 e. The van der Waals surface area contributed by atoms with Crippen LogP contribution in [0.1, 0.15) is 80.4 Å². The van der Waals surface area contributed by atoms with Gasteiger partial charge < -0.3 is 14.6 Å². The number of ketones is 2. The number of nitrogens with zero attached hydrogens (tertiary/aromatic N) is 1. The molecule has 174 valence electrons. The van der Waals surface area contributed by atoms with Gasteiger partial charge in [-0.1, -0.05) is 24.3 Å². The molecule has 1 amide bonds. The fourth-order valence-electron chi connectivity index (χ4n) is 4.48. The zero-order valence-corrected chi connectivity index (χ0v) is 19.8. The molecular formula is C27H26N2O5. The fourth-order valence-corrected chi connectivity index (χ4v) is 4.48. The Morgan fingerprint density at radius 3 is 2.03 bits per heavy atom. The van der Waals surface area contributed by atoms with E-state index in [0.29, 0.717) is 27.9 Å². The molecule has 0 spiro atoms. The third-order valence-corrected chi connectivity index (χ3v) is 6.07. The molecule has 4 rings (SSSR count). The molecule has 0 fully saturated rings. The van der Waals surface area contributed by atoms with E-state index in [2.05, 4.69) is 5.32 Å². The third-order valence-electron chi connectivity index (χ3n) is 6.07. The van der Waals surface area contributed by atoms with E-state index in [9.17, 15) is 19.2 Å². The predicted octanol–water partition coefficient (Wildman–Crippen LogP) is 4.65. The van der Waals surface area contributed by atoms with Gasteiger partial charge in [-0.3, -0.25) is 14.4 Å². The van der Waals surface area contributed by atoms with Crippen LogP contribution >= 0.6 is 0 Å². The first-order valence-corrected chi connectivity index (χ1v) is 11.1. The molecule has 7 heteroatoms. The molecule has 1 N–H and O–H groups in total. The number of carbonyl (C=O) groups is 4. The Bertz CT molecular complexity index is 1350. The second kappa shape index (κ2) is 8.74. The topological polar surface area (TPSA) is 94.5 Å². The Morgan fingerprint density at radius 2 is 1.44 bits per heavy atom. The fraction of sp³-hybridized carbons (Fsp3) is 0.259. The molecule has 1 aliphatic carbocycles. The number of carbonyl (C=O) groups excluding carboxylic acids is 4. The summed E-state index contributed by atoms with van der Waals surface area (Å²) in [6, 6.07) is 13.2. The number of ether oxygens (including phenoxy) is 1. The third kappa shape index (κ3) is 3.94. The first-order chi connectivity index (χ1) is 16.1. The molecule has 7 nitrogen and oxygen atoms in total. The summed E-state index contributed by atoms with van der Waals surface area (Å²) in [5.41, 5.74) is 3.70. The molecule has 0 bridgehead atoms. The van der Waals surface area contributed by atoms with Crippen LogP contribution in [0.5, 0.6) is 0 Å². The summed E-state index contributed by atoms with van der Waals surface area (Å²) in [5.74, 6) is -1.63. The van der Waals surface area contributed by atoms with Crippen molar-refractivity contribution in [2.24, 2.45) is 0 Å². The monoisotopic (exact) mass is 458 g/mol. The minimum atomic E-state index is -1.07. The van der Waals surface area contributed by atoms with E-state index in [4.69, 9.17) is 4.74 Å². The molecule has 1 unspecified atom stereocenters. The number of hydrogen-bond donors (Lipinski definition) is 1. The van der Waals surface area contributed by atoms with E-state index in [0.717, 1.165) is 11.4 Å². The van der Waals surface area contributed by atoms with Crippen LogP contribution in [0.25, 0.3) is 0 Å². The molecule has 0 saturated carbocycles. The van der Waals surface area contributed by atoms with Gasteiger partial charge in [0.1, 0.15) is 0 Å². The summed E-state index contributed by atoms with van der Waals surface area (Å²) in [6.07, 6.45) is -1.07. The van der Waals surface area contributed by atoms with Crippen LogP contribution < -0.4 is 5.32 Å². The van der Waals surface area contributed by atoms with Crippen LogP contribution in [0.4, 0.5) is 5.69 Å². The number of aryl methyl sites for hydroxylation is 1. The molecule has 2 aromatic carbocycles.